The van der Waals surface area contributed by atoms with Gasteiger partial charge in [-0.3, -0.25) is 18.3 Å². The van der Waals surface area contributed by atoms with E-state index < -0.39 is 0 Å². The highest BCUT2D eigenvalue weighted by molar-refractivity contribution is 5.75. The van der Waals surface area contributed by atoms with Gasteiger partial charge in [-0.25, -0.2) is 4.79 Å². The summed E-state index contributed by atoms with van der Waals surface area (Å²) in [6.45, 7) is 5.60. The van der Waals surface area contributed by atoms with Crippen molar-refractivity contribution in [2.75, 3.05) is 6.61 Å². The Bertz CT molecular complexity index is 1120. The molecule has 0 amide bonds. The van der Waals surface area contributed by atoms with Gasteiger partial charge in [-0.2, -0.15) is 4.98 Å². The molecule has 0 unspecified atom stereocenters. The minimum atomic E-state index is -0.358. The second kappa shape index (κ2) is 6.28. The van der Waals surface area contributed by atoms with Crippen LogP contribution in [-0.4, -0.2) is 35.8 Å². The van der Waals surface area contributed by atoms with Gasteiger partial charge in [-0.15, -0.1) is 0 Å². The van der Waals surface area contributed by atoms with E-state index in [1.165, 1.54) is 9.13 Å². The molecule has 0 aliphatic carbocycles. The average Bonchev–Trinajstić information content (AvgIpc) is 3.31. The standard InChI is InChI=1S/C18H23N5O3/c1-4-5-8-21-16(24)14-15(20(3)18(21)25)19-17-22(12(2)10-23(14)17)11-13-7-6-9-26-13/h4-5,10,13H,6-9,11H2,1-3H3/b5-4-/t13-/m1/s1. The molecule has 1 aliphatic rings. The molecule has 138 valence electrons. The first-order valence-electron chi connectivity index (χ1n) is 8.93. The summed E-state index contributed by atoms with van der Waals surface area (Å²) in [4.78, 5) is 30.1. The summed E-state index contributed by atoms with van der Waals surface area (Å²) in [6.07, 6.45) is 7.79. The molecule has 8 heteroatoms. The molecule has 0 spiro atoms. The van der Waals surface area contributed by atoms with E-state index in [0.29, 0.717) is 23.5 Å². The summed E-state index contributed by atoms with van der Waals surface area (Å²) in [5.41, 5.74) is 1.18. The first-order valence-corrected chi connectivity index (χ1v) is 8.93. The van der Waals surface area contributed by atoms with E-state index in [9.17, 15) is 9.59 Å². The van der Waals surface area contributed by atoms with Crippen LogP contribution in [0.1, 0.15) is 25.5 Å². The molecule has 26 heavy (non-hydrogen) atoms. The normalized spacial score (nSPS) is 18.0. The lowest BCUT2D eigenvalue weighted by Gasteiger charge is -2.11. The maximum Gasteiger partial charge on any atom is 0.332 e. The van der Waals surface area contributed by atoms with Gasteiger partial charge in [0.15, 0.2) is 11.2 Å². The van der Waals surface area contributed by atoms with E-state index in [1.54, 1.807) is 17.5 Å². The number of aryl methyl sites for hydroxylation is 2. The number of allylic oxidation sites excluding steroid dienone is 2. The number of nitrogens with zero attached hydrogens (tertiary/aromatic N) is 5. The molecule has 0 N–H and O–H groups in total. The summed E-state index contributed by atoms with van der Waals surface area (Å²) < 4.78 is 12.3. The number of fused-ring (bicyclic) bond motifs is 3. The zero-order valence-corrected chi connectivity index (χ0v) is 15.3. The SMILES string of the molecule is C/C=C\Cn1c(=O)c2c(nc3n(C[C@H]4CCCO4)c(C)cn23)n(C)c1=O. The molecule has 1 fully saturated rings. The van der Waals surface area contributed by atoms with Crippen LogP contribution in [0, 0.1) is 6.92 Å². The molecule has 4 heterocycles. The molecule has 0 bridgehead atoms. The fourth-order valence-electron chi connectivity index (χ4n) is 3.64. The molecule has 1 saturated heterocycles. The molecular formula is C18H23N5O3. The van der Waals surface area contributed by atoms with Gasteiger partial charge in [0.1, 0.15) is 0 Å². The van der Waals surface area contributed by atoms with Gasteiger partial charge in [-0.05, 0) is 26.7 Å². The smallest absolute Gasteiger partial charge is 0.332 e. The molecule has 0 saturated carbocycles. The lowest BCUT2D eigenvalue weighted by molar-refractivity contribution is 0.0974. The Morgan fingerprint density at radius 1 is 1.35 bits per heavy atom. The van der Waals surface area contributed by atoms with Gasteiger partial charge < -0.3 is 9.30 Å². The summed E-state index contributed by atoms with van der Waals surface area (Å²) in [5.74, 6) is 0.670. The van der Waals surface area contributed by atoms with E-state index in [0.717, 1.165) is 25.1 Å². The third-order valence-electron chi connectivity index (χ3n) is 5.07. The van der Waals surface area contributed by atoms with E-state index in [2.05, 4.69) is 9.55 Å². The quantitative estimate of drug-likeness (QED) is 0.658. The Morgan fingerprint density at radius 3 is 2.85 bits per heavy atom. The minimum Gasteiger partial charge on any atom is -0.376 e. The van der Waals surface area contributed by atoms with Crippen molar-refractivity contribution in [1.29, 1.82) is 0 Å². The van der Waals surface area contributed by atoms with E-state index in [-0.39, 0.29) is 23.9 Å². The Hall–Kier alpha value is -2.61. The molecule has 3 aromatic rings. The molecule has 3 aromatic heterocycles. The van der Waals surface area contributed by atoms with E-state index in [4.69, 9.17) is 4.74 Å². The van der Waals surface area contributed by atoms with Gasteiger partial charge in [0, 0.05) is 32.1 Å². The third kappa shape index (κ3) is 2.44. The Morgan fingerprint density at radius 2 is 2.15 bits per heavy atom. The van der Waals surface area contributed by atoms with Crippen LogP contribution >= 0.6 is 0 Å². The molecule has 0 radical (unpaired) electrons. The van der Waals surface area contributed by atoms with Crippen LogP contribution in [0.2, 0.25) is 0 Å². The monoisotopic (exact) mass is 357 g/mol. The van der Waals surface area contributed by atoms with Gasteiger partial charge >= 0.3 is 5.69 Å². The number of ether oxygens (including phenoxy) is 1. The topological polar surface area (TPSA) is 75.5 Å². The lowest BCUT2D eigenvalue weighted by atomic mass is 10.2. The first kappa shape index (κ1) is 16.8. The van der Waals surface area contributed by atoms with Crippen LogP contribution in [0.25, 0.3) is 16.9 Å². The highest BCUT2D eigenvalue weighted by Gasteiger charge is 2.22. The summed E-state index contributed by atoms with van der Waals surface area (Å²) in [5, 5.41) is 0. The number of hydrogen-bond acceptors (Lipinski definition) is 4. The number of imidazole rings is 2. The lowest BCUT2D eigenvalue weighted by Crippen LogP contribution is -2.39. The largest absolute Gasteiger partial charge is 0.376 e. The Labute approximate surface area is 149 Å². The molecule has 1 atom stereocenters. The van der Waals surface area contributed by atoms with E-state index in [1.807, 2.05) is 26.1 Å². The second-order valence-electron chi connectivity index (χ2n) is 6.80. The van der Waals surface area contributed by atoms with E-state index >= 15 is 0 Å². The van der Waals surface area contributed by atoms with Crippen molar-refractivity contribution < 1.29 is 4.74 Å². The Balaban J connectivity index is 1.96. The predicted molar refractivity (Wildman–Crippen MR) is 98.7 cm³/mol. The summed E-state index contributed by atoms with van der Waals surface area (Å²) >= 11 is 0. The first-order chi connectivity index (χ1) is 12.5. The summed E-state index contributed by atoms with van der Waals surface area (Å²) in [6, 6.07) is 0. The van der Waals surface area contributed by atoms with Gasteiger partial charge in [0.2, 0.25) is 5.78 Å². The van der Waals surface area contributed by atoms with Crippen molar-refractivity contribution in [3.05, 3.63) is 44.9 Å². The van der Waals surface area contributed by atoms with Crippen molar-refractivity contribution in [2.24, 2.45) is 7.05 Å². The number of hydrogen-bond donors (Lipinski definition) is 0. The van der Waals surface area contributed by atoms with Crippen LogP contribution in [0.3, 0.4) is 0 Å². The maximum atomic E-state index is 13.0. The Kier molecular flexibility index (Phi) is 4.07. The predicted octanol–water partition coefficient (Wildman–Crippen LogP) is 1.21. The highest BCUT2D eigenvalue weighted by Crippen LogP contribution is 2.20. The average molecular weight is 357 g/mol. The molecule has 8 nitrogen and oxygen atoms in total. The third-order valence-corrected chi connectivity index (χ3v) is 5.07. The van der Waals surface area contributed by atoms with Gasteiger partial charge in [0.05, 0.1) is 12.6 Å². The van der Waals surface area contributed by atoms with Crippen LogP contribution in [0.15, 0.2) is 27.9 Å². The molecule has 1 aliphatic heterocycles. The zero-order chi connectivity index (χ0) is 18.4. The van der Waals surface area contributed by atoms with Crippen molar-refractivity contribution in [3.8, 4) is 0 Å². The van der Waals surface area contributed by atoms with Gasteiger partial charge in [0.25, 0.3) is 5.56 Å². The van der Waals surface area contributed by atoms with Crippen LogP contribution in [0.5, 0.6) is 0 Å². The van der Waals surface area contributed by atoms with Crippen LogP contribution < -0.4 is 11.2 Å². The van der Waals surface area contributed by atoms with Crippen molar-refractivity contribution >= 4 is 16.9 Å². The second-order valence-corrected chi connectivity index (χ2v) is 6.80. The highest BCUT2D eigenvalue weighted by atomic mass is 16.5. The molecule has 0 aromatic carbocycles. The fourth-order valence-corrected chi connectivity index (χ4v) is 3.64. The summed E-state index contributed by atoms with van der Waals surface area (Å²) in [7, 11) is 1.65. The molecule has 4 rings (SSSR count). The number of rotatable bonds is 4. The van der Waals surface area contributed by atoms with Gasteiger partial charge in [-0.1, -0.05) is 12.2 Å². The zero-order valence-electron chi connectivity index (χ0n) is 15.3. The van der Waals surface area contributed by atoms with Crippen LogP contribution in [-0.2, 0) is 24.9 Å². The maximum absolute atomic E-state index is 13.0. The number of aromatic nitrogens is 5. The van der Waals surface area contributed by atoms with Crippen LogP contribution in [0.4, 0.5) is 0 Å². The van der Waals surface area contributed by atoms with Crippen molar-refractivity contribution in [2.45, 2.75) is 45.9 Å². The van der Waals surface area contributed by atoms with Crippen molar-refractivity contribution in [1.82, 2.24) is 23.1 Å². The molecular weight excluding hydrogens is 334 g/mol. The minimum absolute atomic E-state index is 0.167. The van der Waals surface area contributed by atoms with Crippen molar-refractivity contribution in [3.63, 3.8) is 0 Å². The fraction of sp³-hybridized carbons (Fsp3) is 0.500.